The Morgan fingerprint density at radius 3 is 2.29 bits per heavy atom. The Morgan fingerprint density at radius 1 is 1.24 bits per heavy atom. The predicted molar refractivity (Wildman–Crippen MR) is 74.1 cm³/mol. The smallest absolute Gasteiger partial charge is 0.0326 e. The zero-order chi connectivity index (χ0) is 12.6. The summed E-state index contributed by atoms with van der Waals surface area (Å²) in [5.41, 5.74) is 10.7. The predicted octanol–water partition coefficient (Wildman–Crippen LogP) is 4.09. The van der Waals surface area contributed by atoms with Crippen LogP contribution in [0.5, 0.6) is 0 Å². The Kier molecular flexibility index (Phi) is 3.31. The van der Waals surface area contributed by atoms with Gasteiger partial charge < -0.3 is 5.73 Å². The van der Waals surface area contributed by atoms with Crippen LogP contribution in [-0.2, 0) is 5.41 Å². The molecule has 0 saturated heterocycles. The molecule has 0 bridgehead atoms. The van der Waals surface area contributed by atoms with Crippen molar-refractivity contribution in [3.63, 3.8) is 0 Å². The van der Waals surface area contributed by atoms with E-state index in [4.69, 9.17) is 5.73 Å². The molecular weight excluding hydrogens is 206 g/mol. The van der Waals surface area contributed by atoms with Gasteiger partial charge in [-0.1, -0.05) is 45.4 Å². The molecule has 1 heteroatoms. The van der Waals surface area contributed by atoms with Gasteiger partial charge in [-0.2, -0.15) is 0 Å². The van der Waals surface area contributed by atoms with Crippen LogP contribution in [0.2, 0.25) is 0 Å². The standard InChI is InChI=1S/C16H25N/c1-11-10-13(16(2,3)4)8-9-14(11)15(17)12-6-5-7-12/h8-10,12,15H,5-7,17H2,1-4H3. The molecule has 1 fully saturated rings. The van der Waals surface area contributed by atoms with Gasteiger partial charge in [0.1, 0.15) is 0 Å². The van der Waals surface area contributed by atoms with Crippen LogP contribution in [0.25, 0.3) is 0 Å². The first-order chi connectivity index (χ1) is 7.89. The Labute approximate surface area is 105 Å². The van der Waals surface area contributed by atoms with Crippen molar-refractivity contribution in [2.75, 3.05) is 0 Å². The van der Waals surface area contributed by atoms with Crippen LogP contribution in [0, 0.1) is 12.8 Å². The van der Waals surface area contributed by atoms with E-state index in [1.807, 2.05) is 0 Å². The van der Waals surface area contributed by atoms with E-state index in [-0.39, 0.29) is 11.5 Å². The summed E-state index contributed by atoms with van der Waals surface area (Å²) in [4.78, 5) is 0. The molecule has 1 atom stereocenters. The second-order valence-electron chi connectivity index (χ2n) is 6.54. The topological polar surface area (TPSA) is 26.0 Å². The van der Waals surface area contributed by atoms with Crippen molar-refractivity contribution < 1.29 is 0 Å². The lowest BCUT2D eigenvalue weighted by Crippen LogP contribution is -2.27. The molecule has 1 saturated carbocycles. The maximum Gasteiger partial charge on any atom is 0.0326 e. The van der Waals surface area contributed by atoms with E-state index in [2.05, 4.69) is 45.9 Å². The van der Waals surface area contributed by atoms with Gasteiger partial charge in [0, 0.05) is 6.04 Å². The molecule has 1 aromatic rings. The fourth-order valence-electron chi connectivity index (χ4n) is 2.57. The van der Waals surface area contributed by atoms with Crippen molar-refractivity contribution in [1.82, 2.24) is 0 Å². The molecule has 1 unspecified atom stereocenters. The maximum atomic E-state index is 6.36. The maximum absolute atomic E-state index is 6.36. The highest BCUT2D eigenvalue weighted by Gasteiger charge is 2.26. The van der Waals surface area contributed by atoms with Gasteiger partial charge in [0.05, 0.1) is 0 Å². The van der Waals surface area contributed by atoms with Crippen molar-refractivity contribution in [1.29, 1.82) is 0 Å². The second kappa shape index (κ2) is 4.45. The molecule has 0 aromatic heterocycles. The monoisotopic (exact) mass is 231 g/mol. The minimum absolute atomic E-state index is 0.226. The highest BCUT2D eigenvalue weighted by Crippen LogP contribution is 2.37. The summed E-state index contributed by atoms with van der Waals surface area (Å²) < 4.78 is 0. The third-order valence-electron chi connectivity index (χ3n) is 4.15. The second-order valence-corrected chi connectivity index (χ2v) is 6.54. The largest absolute Gasteiger partial charge is 0.324 e. The van der Waals surface area contributed by atoms with Crippen LogP contribution >= 0.6 is 0 Å². The normalized spacial score (nSPS) is 18.9. The third kappa shape index (κ3) is 2.55. The minimum atomic E-state index is 0.226. The van der Waals surface area contributed by atoms with Crippen LogP contribution in [0.3, 0.4) is 0 Å². The molecule has 0 aliphatic heterocycles. The first kappa shape index (κ1) is 12.6. The first-order valence-electron chi connectivity index (χ1n) is 6.76. The Hall–Kier alpha value is -0.820. The Morgan fingerprint density at radius 2 is 1.88 bits per heavy atom. The molecule has 0 radical (unpaired) electrons. The number of rotatable bonds is 2. The molecule has 17 heavy (non-hydrogen) atoms. The molecule has 0 amide bonds. The zero-order valence-electron chi connectivity index (χ0n) is 11.6. The fourth-order valence-corrected chi connectivity index (χ4v) is 2.57. The van der Waals surface area contributed by atoms with Crippen molar-refractivity contribution in [3.05, 3.63) is 34.9 Å². The van der Waals surface area contributed by atoms with E-state index in [9.17, 15) is 0 Å². The Bertz CT molecular complexity index is 396. The highest BCUT2D eigenvalue weighted by atomic mass is 14.7. The lowest BCUT2D eigenvalue weighted by atomic mass is 9.76. The molecule has 1 aromatic carbocycles. The molecule has 1 aliphatic carbocycles. The molecule has 0 spiro atoms. The number of hydrogen-bond acceptors (Lipinski definition) is 1. The van der Waals surface area contributed by atoms with Gasteiger partial charge in [-0.3, -0.25) is 0 Å². The summed E-state index contributed by atoms with van der Waals surface area (Å²) in [5, 5.41) is 0. The van der Waals surface area contributed by atoms with E-state index in [0.717, 1.165) is 0 Å². The molecule has 0 heterocycles. The Balaban J connectivity index is 2.25. The van der Waals surface area contributed by atoms with Crippen LogP contribution < -0.4 is 5.73 Å². The minimum Gasteiger partial charge on any atom is -0.324 e. The molecule has 2 N–H and O–H groups in total. The highest BCUT2D eigenvalue weighted by molar-refractivity contribution is 5.36. The summed E-state index contributed by atoms with van der Waals surface area (Å²) in [6, 6.07) is 7.06. The lowest BCUT2D eigenvalue weighted by molar-refractivity contribution is 0.264. The molecule has 94 valence electrons. The number of benzene rings is 1. The van der Waals surface area contributed by atoms with E-state index >= 15 is 0 Å². The summed E-state index contributed by atoms with van der Waals surface area (Å²) in [7, 11) is 0. The molecule has 1 nitrogen and oxygen atoms in total. The molecule has 1 aliphatic rings. The van der Waals surface area contributed by atoms with Crippen LogP contribution in [-0.4, -0.2) is 0 Å². The van der Waals surface area contributed by atoms with Gasteiger partial charge in [-0.15, -0.1) is 0 Å². The fraction of sp³-hybridized carbons (Fsp3) is 0.625. The zero-order valence-corrected chi connectivity index (χ0v) is 11.6. The van der Waals surface area contributed by atoms with E-state index in [0.29, 0.717) is 5.92 Å². The van der Waals surface area contributed by atoms with Crippen molar-refractivity contribution in [3.8, 4) is 0 Å². The van der Waals surface area contributed by atoms with Crippen molar-refractivity contribution in [2.45, 2.75) is 58.4 Å². The third-order valence-corrected chi connectivity index (χ3v) is 4.15. The van der Waals surface area contributed by atoms with Gasteiger partial charge in [-0.05, 0) is 47.8 Å². The SMILES string of the molecule is Cc1cc(C(C)(C)C)ccc1C(N)C1CCC1. The van der Waals surface area contributed by atoms with Gasteiger partial charge in [-0.25, -0.2) is 0 Å². The summed E-state index contributed by atoms with van der Waals surface area (Å²) in [5.74, 6) is 0.717. The summed E-state index contributed by atoms with van der Waals surface area (Å²) in [6.07, 6.45) is 3.97. The number of nitrogens with two attached hydrogens (primary N) is 1. The van der Waals surface area contributed by atoms with Gasteiger partial charge in [0.25, 0.3) is 0 Å². The van der Waals surface area contributed by atoms with Crippen LogP contribution in [0.4, 0.5) is 0 Å². The average Bonchev–Trinajstić information content (AvgIpc) is 2.12. The van der Waals surface area contributed by atoms with Crippen LogP contribution in [0.15, 0.2) is 18.2 Å². The lowest BCUT2D eigenvalue weighted by Gasteiger charge is -2.32. The van der Waals surface area contributed by atoms with Crippen LogP contribution in [0.1, 0.15) is 62.8 Å². The van der Waals surface area contributed by atoms with Gasteiger partial charge in [0.2, 0.25) is 0 Å². The summed E-state index contributed by atoms with van der Waals surface area (Å²) >= 11 is 0. The average molecular weight is 231 g/mol. The first-order valence-corrected chi connectivity index (χ1v) is 6.76. The van der Waals surface area contributed by atoms with Crippen molar-refractivity contribution >= 4 is 0 Å². The quantitative estimate of drug-likeness (QED) is 0.815. The molecular formula is C16H25N. The van der Waals surface area contributed by atoms with Gasteiger partial charge >= 0.3 is 0 Å². The van der Waals surface area contributed by atoms with E-state index < -0.39 is 0 Å². The summed E-state index contributed by atoms with van der Waals surface area (Å²) in [6.45, 7) is 8.97. The van der Waals surface area contributed by atoms with E-state index in [1.54, 1.807) is 0 Å². The van der Waals surface area contributed by atoms with E-state index in [1.165, 1.54) is 36.0 Å². The molecule has 2 rings (SSSR count). The number of hydrogen-bond donors (Lipinski definition) is 1. The van der Waals surface area contributed by atoms with Crippen molar-refractivity contribution in [2.24, 2.45) is 11.7 Å². The number of aryl methyl sites for hydroxylation is 1. The van der Waals surface area contributed by atoms with Gasteiger partial charge in [0.15, 0.2) is 0 Å².